The molecule has 1 fully saturated rings. The molecule has 0 spiro atoms. The van der Waals surface area contributed by atoms with Crippen LogP contribution in [0.3, 0.4) is 0 Å². The summed E-state index contributed by atoms with van der Waals surface area (Å²) in [6.45, 7) is 5.72. The van der Waals surface area contributed by atoms with Crippen molar-refractivity contribution in [3.05, 3.63) is 0 Å². The second-order valence-electron chi connectivity index (χ2n) is 4.35. The molecule has 4 nitrogen and oxygen atoms in total. The number of rotatable bonds is 4. The zero-order valence-corrected chi connectivity index (χ0v) is 10.2. The number of hydrogen-bond donors (Lipinski definition) is 1. The van der Waals surface area contributed by atoms with Gasteiger partial charge in [0.15, 0.2) is 0 Å². The van der Waals surface area contributed by atoms with Crippen LogP contribution in [0.15, 0.2) is 0 Å². The molecule has 1 aliphatic rings. The highest BCUT2D eigenvalue weighted by Crippen LogP contribution is 2.19. The maximum atomic E-state index is 12.2. The number of nitrogens with zero attached hydrogens (tertiary/aromatic N) is 1. The van der Waals surface area contributed by atoms with Gasteiger partial charge in [-0.3, -0.25) is 4.79 Å². The third-order valence-corrected chi connectivity index (χ3v) is 3.48. The lowest BCUT2D eigenvalue weighted by molar-refractivity contribution is -0.153. The molecule has 1 aliphatic heterocycles. The molecular weight excluding hydrogens is 192 g/mol. The van der Waals surface area contributed by atoms with E-state index in [1.165, 1.54) is 0 Å². The molecule has 88 valence electrons. The van der Waals surface area contributed by atoms with Crippen molar-refractivity contribution < 1.29 is 9.53 Å². The standard InChI is InChI=1S/C11H22N2O2/c1-5-11(2,15-4)10(14)13(3)9-6-7-12-8-9/h9,12H,5-8H2,1-4H3. The highest BCUT2D eigenvalue weighted by Gasteiger charge is 2.36. The molecule has 1 N–H and O–H groups in total. The fourth-order valence-electron chi connectivity index (χ4n) is 1.89. The molecule has 0 aromatic rings. The van der Waals surface area contributed by atoms with Gasteiger partial charge >= 0.3 is 0 Å². The molecule has 4 heteroatoms. The van der Waals surface area contributed by atoms with E-state index in [1.54, 1.807) is 7.11 Å². The van der Waals surface area contributed by atoms with Gasteiger partial charge in [-0.1, -0.05) is 6.92 Å². The van der Waals surface area contributed by atoms with Crippen molar-refractivity contribution in [3.63, 3.8) is 0 Å². The smallest absolute Gasteiger partial charge is 0.254 e. The van der Waals surface area contributed by atoms with Crippen LogP contribution in [0.5, 0.6) is 0 Å². The van der Waals surface area contributed by atoms with Crippen LogP contribution >= 0.6 is 0 Å². The number of amides is 1. The lowest BCUT2D eigenvalue weighted by atomic mass is 10.0. The van der Waals surface area contributed by atoms with Crippen LogP contribution in [-0.2, 0) is 9.53 Å². The highest BCUT2D eigenvalue weighted by atomic mass is 16.5. The average Bonchev–Trinajstić information content (AvgIpc) is 2.79. The monoisotopic (exact) mass is 214 g/mol. The third kappa shape index (κ3) is 2.49. The van der Waals surface area contributed by atoms with Crippen molar-refractivity contribution >= 4 is 5.91 Å². The van der Waals surface area contributed by atoms with E-state index in [4.69, 9.17) is 4.74 Å². The van der Waals surface area contributed by atoms with Crippen LogP contribution in [0, 0.1) is 0 Å². The van der Waals surface area contributed by atoms with Gasteiger partial charge in [-0.25, -0.2) is 0 Å². The summed E-state index contributed by atoms with van der Waals surface area (Å²) in [7, 11) is 3.47. The minimum atomic E-state index is -0.669. The van der Waals surface area contributed by atoms with Crippen molar-refractivity contribution in [1.82, 2.24) is 10.2 Å². The van der Waals surface area contributed by atoms with Gasteiger partial charge in [-0.15, -0.1) is 0 Å². The minimum Gasteiger partial charge on any atom is -0.369 e. The Labute approximate surface area is 92.0 Å². The van der Waals surface area contributed by atoms with Crippen molar-refractivity contribution in [2.24, 2.45) is 0 Å². The number of methoxy groups -OCH3 is 1. The normalized spacial score (nSPS) is 24.9. The lowest BCUT2D eigenvalue weighted by Crippen LogP contribution is -2.50. The molecule has 2 unspecified atom stereocenters. The van der Waals surface area contributed by atoms with Crippen LogP contribution in [0.1, 0.15) is 26.7 Å². The van der Waals surface area contributed by atoms with Crippen LogP contribution in [-0.4, -0.2) is 49.7 Å². The molecule has 0 radical (unpaired) electrons. The van der Waals surface area contributed by atoms with Gasteiger partial charge in [0.2, 0.25) is 0 Å². The summed E-state index contributed by atoms with van der Waals surface area (Å²) in [4.78, 5) is 14.0. The first-order chi connectivity index (χ1) is 7.05. The summed E-state index contributed by atoms with van der Waals surface area (Å²) < 4.78 is 5.32. The van der Waals surface area contributed by atoms with Gasteiger partial charge in [-0.2, -0.15) is 0 Å². The topological polar surface area (TPSA) is 41.6 Å². The van der Waals surface area contributed by atoms with Crippen LogP contribution in [0.25, 0.3) is 0 Å². The number of carbonyl (C=O) groups excluding carboxylic acids is 1. The zero-order valence-electron chi connectivity index (χ0n) is 10.2. The molecule has 0 aromatic heterocycles. The van der Waals surface area contributed by atoms with E-state index in [-0.39, 0.29) is 5.91 Å². The molecule has 15 heavy (non-hydrogen) atoms. The Bertz CT molecular complexity index is 221. The number of ether oxygens (including phenoxy) is 1. The Kier molecular flexibility index (Phi) is 4.11. The number of hydrogen-bond acceptors (Lipinski definition) is 3. The van der Waals surface area contributed by atoms with E-state index < -0.39 is 5.60 Å². The third-order valence-electron chi connectivity index (χ3n) is 3.48. The lowest BCUT2D eigenvalue weighted by Gasteiger charge is -2.33. The summed E-state index contributed by atoms with van der Waals surface area (Å²) in [6, 6.07) is 0.318. The van der Waals surface area contributed by atoms with Gasteiger partial charge in [0.1, 0.15) is 5.60 Å². The van der Waals surface area contributed by atoms with Crippen molar-refractivity contribution in [2.45, 2.75) is 38.3 Å². The number of nitrogens with one attached hydrogen (secondary N) is 1. The molecule has 0 saturated carbocycles. The molecule has 1 rings (SSSR count). The predicted molar refractivity (Wildman–Crippen MR) is 59.7 cm³/mol. The molecule has 1 heterocycles. The molecular formula is C11H22N2O2. The molecule has 0 aromatic carbocycles. The van der Waals surface area contributed by atoms with E-state index in [1.807, 2.05) is 25.8 Å². The second-order valence-corrected chi connectivity index (χ2v) is 4.35. The first-order valence-electron chi connectivity index (χ1n) is 5.58. The van der Waals surface area contributed by atoms with Gasteiger partial charge in [0.05, 0.1) is 0 Å². The number of carbonyl (C=O) groups is 1. The Morgan fingerprint density at radius 1 is 1.67 bits per heavy atom. The van der Waals surface area contributed by atoms with E-state index in [0.29, 0.717) is 12.5 Å². The summed E-state index contributed by atoms with van der Waals surface area (Å²) in [5, 5.41) is 3.26. The fourth-order valence-corrected chi connectivity index (χ4v) is 1.89. The van der Waals surface area contributed by atoms with Crippen molar-refractivity contribution in [2.75, 3.05) is 27.2 Å². The van der Waals surface area contributed by atoms with E-state index >= 15 is 0 Å². The molecule has 0 aliphatic carbocycles. The Morgan fingerprint density at radius 2 is 2.33 bits per heavy atom. The maximum absolute atomic E-state index is 12.2. The first-order valence-corrected chi connectivity index (χ1v) is 5.58. The molecule has 0 bridgehead atoms. The van der Waals surface area contributed by atoms with Gasteiger partial charge in [0.25, 0.3) is 5.91 Å². The van der Waals surface area contributed by atoms with E-state index in [0.717, 1.165) is 19.5 Å². The van der Waals surface area contributed by atoms with E-state index in [9.17, 15) is 4.79 Å². The fraction of sp³-hybridized carbons (Fsp3) is 0.909. The quantitative estimate of drug-likeness (QED) is 0.746. The predicted octanol–water partition coefficient (Wildman–Crippen LogP) is 0.622. The summed E-state index contributed by atoms with van der Waals surface area (Å²) in [5.41, 5.74) is -0.669. The number of likely N-dealkylation sites (N-methyl/N-ethyl adjacent to an activating group) is 1. The molecule has 2 atom stereocenters. The maximum Gasteiger partial charge on any atom is 0.254 e. The van der Waals surface area contributed by atoms with Crippen molar-refractivity contribution in [3.8, 4) is 0 Å². The Morgan fingerprint density at radius 3 is 2.73 bits per heavy atom. The zero-order chi connectivity index (χ0) is 11.5. The Hall–Kier alpha value is -0.610. The highest BCUT2D eigenvalue weighted by molar-refractivity contribution is 5.84. The van der Waals surface area contributed by atoms with Gasteiger partial charge < -0.3 is 15.0 Å². The summed E-state index contributed by atoms with van der Waals surface area (Å²) in [6.07, 6.45) is 1.73. The largest absolute Gasteiger partial charge is 0.369 e. The SMILES string of the molecule is CCC(C)(OC)C(=O)N(C)C1CCNC1. The average molecular weight is 214 g/mol. The van der Waals surface area contributed by atoms with Gasteiger partial charge in [0, 0.05) is 26.7 Å². The van der Waals surface area contributed by atoms with Crippen LogP contribution in [0.4, 0.5) is 0 Å². The summed E-state index contributed by atoms with van der Waals surface area (Å²) >= 11 is 0. The minimum absolute atomic E-state index is 0.0844. The van der Waals surface area contributed by atoms with Crippen LogP contribution in [0.2, 0.25) is 0 Å². The molecule has 1 amide bonds. The van der Waals surface area contributed by atoms with Gasteiger partial charge in [-0.05, 0) is 26.3 Å². The van der Waals surface area contributed by atoms with Crippen LogP contribution < -0.4 is 5.32 Å². The first kappa shape index (κ1) is 12.5. The summed E-state index contributed by atoms with van der Waals surface area (Å²) in [5.74, 6) is 0.0844. The van der Waals surface area contributed by atoms with E-state index in [2.05, 4.69) is 5.32 Å². The van der Waals surface area contributed by atoms with Crippen molar-refractivity contribution in [1.29, 1.82) is 0 Å². The Balaban J connectivity index is 2.65. The molecule has 1 saturated heterocycles. The second kappa shape index (κ2) is 4.94.